The summed E-state index contributed by atoms with van der Waals surface area (Å²) >= 11 is 6.04. The Morgan fingerprint density at radius 3 is 2.69 bits per heavy atom. The van der Waals surface area contributed by atoms with Gasteiger partial charge in [0, 0.05) is 10.9 Å². The first-order valence-electron chi connectivity index (χ1n) is 5.05. The fourth-order valence-corrected chi connectivity index (χ4v) is 1.97. The second-order valence-corrected chi connectivity index (χ2v) is 4.23. The predicted octanol–water partition coefficient (Wildman–Crippen LogP) is 3.57. The first-order valence-corrected chi connectivity index (χ1v) is 5.43. The van der Waals surface area contributed by atoms with Gasteiger partial charge >= 0.3 is 0 Å². The Kier molecular flexibility index (Phi) is 2.80. The molecule has 2 rings (SSSR count). The molecule has 0 bridgehead atoms. The molecular weight excluding hydrogens is 220 g/mol. The summed E-state index contributed by atoms with van der Waals surface area (Å²) in [7, 11) is 0. The molecule has 1 aromatic carbocycles. The highest BCUT2D eigenvalue weighted by molar-refractivity contribution is 6.30. The van der Waals surface area contributed by atoms with Gasteiger partial charge < -0.3 is 0 Å². The minimum absolute atomic E-state index is 0.301. The lowest BCUT2D eigenvalue weighted by Gasteiger charge is -2.07. The Bertz CT molecular complexity index is 597. The molecule has 0 saturated heterocycles. The fraction of sp³-hybridized carbons (Fsp3) is 0.231. The zero-order valence-corrected chi connectivity index (χ0v) is 9.97. The molecule has 0 spiro atoms. The van der Waals surface area contributed by atoms with Crippen LogP contribution < -0.4 is 0 Å². The van der Waals surface area contributed by atoms with E-state index >= 15 is 0 Å². The largest absolute Gasteiger partial charge is 0.235 e. The molecule has 0 N–H and O–H groups in total. The minimum atomic E-state index is 0.301. The Morgan fingerprint density at radius 1 is 1.31 bits per heavy atom. The highest BCUT2D eigenvalue weighted by Crippen LogP contribution is 2.25. The average molecular weight is 231 g/mol. The van der Waals surface area contributed by atoms with Crippen LogP contribution in [0.4, 0.5) is 0 Å². The van der Waals surface area contributed by atoms with Gasteiger partial charge in [0.05, 0.1) is 18.0 Å². The average Bonchev–Trinajstić information content (AvgIpc) is 2.26. The first-order chi connectivity index (χ1) is 7.63. The van der Waals surface area contributed by atoms with Crippen molar-refractivity contribution in [3.05, 3.63) is 40.0 Å². The van der Waals surface area contributed by atoms with Crippen LogP contribution in [0, 0.1) is 25.2 Å². The van der Waals surface area contributed by atoms with E-state index in [2.05, 4.69) is 17.1 Å². The lowest BCUT2D eigenvalue weighted by molar-refractivity contribution is 1.21. The van der Waals surface area contributed by atoms with Gasteiger partial charge in [-0.05, 0) is 31.0 Å². The monoisotopic (exact) mass is 230 g/mol. The van der Waals surface area contributed by atoms with E-state index in [1.54, 1.807) is 0 Å². The van der Waals surface area contributed by atoms with E-state index in [0.29, 0.717) is 11.6 Å². The van der Waals surface area contributed by atoms with E-state index in [1.807, 2.05) is 26.0 Å². The Balaban J connectivity index is 2.79. The quantitative estimate of drug-likeness (QED) is 0.703. The predicted molar refractivity (Wildman–Crippen MR) is 65.5 cm³/mol. The third-order valence-corrected chi connectivity index (χ3v) is 3.03. The Labute approximate surface area is 99.5 Å². The first kappa shape index (κ1) is 10.9. The van der Waals surface area contributed by atoms with Crippen molar-refractivity contribution in [3.8, 4) is 6.07 Å². The number of rotatable bonds is 1. The molecule has 0 atom stereocenters. The number of aromatic nitrogens is 1. The summed E-state index contributed by atoms with van der Waals surface area (Å²) < 4.78 is 0. The van der Waals surface area contributed by atoms with Crippen molar-refractivity contribution >= 4 is 22.5 Å². The molecule has 2 nitrogen and oxygen atoms in total. The highest BCUT2D eigenvalue weighted by atomic mass is 35.5. The second kappa shape index (κ2) is 4.11. The van der Waals surface area contributed by atoms with Crippen LogP contribution in [0.25, 0.3) is 10.9 Å². The molecule has 3 heteroatoms. The highest BCUT2D eigenvalue weighted by Gasteiger charge is 2.08. The third-order valence-electron chi connectivity index (χ3n) is 2.70. The molecule has 0 aliphatic rings. The van der Waals surface area contributed by atoms with E-state index in [-0.39, 0.29) is 0 Å². The molecule has 1 aromatic heterocycles. The summed E-state index contributed by atoms with van der Waals surface area (Å²) in [6.45, 7) is 4.04. The number of nitriles is 1. The van der Waals surface area contributed by atoms with Crippen molar-refractivity contribution in [2.24, 2.45) is 0 Å². The van der Waals surface area contributed by atoms with Crippen molar-refractivity contribution in [3.63, 3.8) is 0 Å². The van der Waals surface area contributed by atoms with Gasteiger partial charge in [-0.25, -0.2) is 4.98 Å². The van der Waals surface area contributed by atoms with Crippen LogP contribution in [0.2, 0.25) is 5.15 Å². The van der Waals surface area contributed by atoms with Crippen LogP contribution in [0.5, 0.6) is 0 Å². The molecule has 80 valence electrons. The Morgan fingerprint density at radius 2 is 2.00 bits per heavy atom. The molecule has 0 radical (unpaired) electrons. The standard InChI is InChI=1S/C13H11ClN2/c1-8-3-4-9(2)12-11(8)7-10(5-6-15)13(14)16-12/h3-4,7H,5H2,1-2H3. The maximum Gasteiger partial charge on any atom is 0.134 e. The van der Waals surface area contributed by atoms with E-state index in [0.717, 1.165) is 27.6 Å². The van der Waals surface area contributed by atoms with Crippen molar-refractivity contribution < 1.29 is 0 Å². The van der Waals surface area contributed by atoms with Crippen LogP contribution in [0.1, 0.15) is 16.7 Å². The number of halogens is 1. The summed E-state index contributed by atoms with van der Waals surface area (Å²) in [6, 6.07) is 8.16. The van der Waals surface area contributed by atoms with Crippen molar-refractivity contribution in [2.75, 3.05) is 0 Å². The summed E-state index contributed by atoms with van der Waals surface area (Å²) in [5, 5.41) is 10.2. The normalized spacial score (nSPS) is 10.4. The number of aryl methyl sites for hydroxylation is 2. The molecule has 2 aromatic rings. The van der Waals surface area contributed by atoms with Crippen molar-refractivity contribution in [1.29, 1.82) is 5.26 Å². The maximum atomic E-state index is 8.70. The lowest BCUT2D eigenvalue weighted by Crippen LogP contribution is -1.92. The van der Waals surface area contributed by atoms with Gasteiger partial charge in [-0.2, -0.15) is 5.26 Å². The van der Waals surface area contributed by atoms with Crippen molar-refractivity contribution in [1.82, 2.24) is 4.98 Å². The molecule has 0 amide bonds. The van der Waals surface area contributed by atoms with E-state index in [9.17, 15) is 0 Å². The van der Waals surface area contributed by atoms with Gasteiger partial charge in [0.2, 0.25) is 0 Å². The molecule has 0 aliphatic carbocycles. The van der Waals surface area contributed by atoms with Gasteiger partial charge in [0.1, 0.15) is 5.15 Å². The number of benzene rings is 1. The number of hydrogen-bond donors (Lipinski definition) is 0. The van der Waals surface area contributed by atoms with Crippen LogP contribution in [-0.4, -0.2) is 4.98 Å². The Hall–Kier alpha value is -1.59. The van der Waals surface area contributed by atoms with E-state index in [1.165, 1.54) is 0 Å². The summed E-state index contributed by atoms with van der Waals surface area (Å²) in [5.41, 5.74) is 3.98. The lowest BCUT2D eigenvalue weighted by atomic mass is 10.0. The number of nitrogens with zero attached hydrogens (tertiary/aromatic N) is 2. The maximum absolute atomic E-state index is 8.70. The fourth-order valence-electron chi connectivity index (χ4n) is 1.76. The van der Waals surface area contributed by atoms with Gasteiger partial charge in [0.25, 0.3) is 0 Å². The van der Waals surface area contributed by atoms with Crippen molar-refractivity contribution in [2.45, 2.75) is 20.3 Å². The van der Waals surface area contributed by atoms with Crippen LogP contribution in [0.15, 0.2) is 18.2 Å². The number of hydrogen-bond acceptors (Lipinski definition) is 2. The molecule has 1 heterocycles. The summed E-state index contributed by atoms with van der Waals surface area (Å²) in [4.78, 5) is 4.37. The number of pyridine rings is 1. The van der Waals surface area contributed by atoms with Crippen LogP contribution >= 0.6 is 11.6 Å². The molecule has 0 unspecified atom stereocenters. The SMILES string of the molecule is Cc1ccc(C)c2nc(Cl)c(CC#N)cc12. The smallest absolute Gasteiger partial charge is 0.134 e. The zero-order valence-electron chi connectivity index (χ0n) is 9.21. The van der Waals surface area contributed by atoms with E-state index < -0.39 is 0 Å². The van der Waals surface area contributed by atoms with Gasteiger partial charge in [-0.3, -0.25) is 0 Å². The summed E-state index contributed by atoms with van der Waals surface area (Å²) in [6.07, 6.45) is 0.301. The van der Waals surface area contributed by atoms with Crippen LogP contribution in [0.3, 0.4) is 0 Å². The van der Waals surface area contributed by atoms with Gasteiger partial charge in [0.15, 0.2) is 0 Å². The molecular formula is C13H11ClN2. The topological polar surface area (TPSA) is 36.7 Å². The van der Waals surface area contributed by atoms with Crippen LogP contribution in [-0.2, 0) is 6.42 Å². The molecule has 0 fully saturated rings. The number of fused-ring (bicyclic) bond motifs is 1. The zero-order chi connectivity index (χ0) is 11.7. The third kappa shape index (κ3) is 1.75. The molecule has 16 heavy (non-hydrogen) atoms. The summed E-state index contributed by atoms with van der Waals surface area (Å²) in [5.74, 6) is 0. The molecule has 0 aliphatic heterocycles. The minimum Gasteiger partial charge on any atom is -0.235 e. The van der Waals surface area contributed by atoms with Gasteiger partial charge in [-0.1, -0.05) is 23.7 Å². The van der Waals surface area contributed by atoms with E-state index in [4.69, 9.17) is 16.9 Å². The second-order valence-electron chi connectivity index (χ2n) is 3.87. The van der Waals surface area contributed by atoms with Gasteiger partial charge in [-0.15, -0.1) is 0 Å². The molecule has 0 saturated carbocycles.